The topological polar surface area (TPSA) is 73.0 Å². The number of hydrogen-bond acceptors (Lipinski definition) is 6. The van der Waals surface area contributed by atoms with E-state index in [1.54, 1.807) is 18.9 Å². The largest absolute Gasteiger partial charge is 0.497 e. The number of methoxy groups -OCH3 is 1. The number of aromatic nitrogens is 3. The summed E-state index contributed by atoms with van der Waals surface area (Å²) in [4.78, 5) is 0. The third-order valence-electron chi connectivity index (χ3n) is 4.05. The highest BCUT2D eigenvalue weighted by molar-refractivity contribution is 7.99. The average molecular weight is 395 g/mol. The first kappa shape index (κ1) is 19.8. The summed E-state index contributed by atoms with van der Waals surface area (Å²) < 4.78 is 12.8. The molecule has 0 aliphatic rings. The number of nitriles is 1. The van der Waals surface area contributed by atoms with Gasteiger partial charge in [0, 0.05) is 23.4 Å². The van der Waals surface area contributed by atoms with E-state index in [1.165, 1.54) is 0 Å². The van der Waals surface area contributed by atoms with Crippen LogP contribution in [0.2, 0.25) is 0 Å². The zero-order valence-corrected chi connectivity index (χ0v) is 16.8. The molecule has 6 nitrogen and oxygen atoms in total. The van der Waals surface area contributed by atoms with Gasteiger partial charge in [0.2, 0.25) is 0 Å². The highest BCUT2D eigenvalue weighted by Gasteiger charge is 2.16. The number of hydrogen-bond donors (Lipinski definition) is 0. The van der Waals surface area contributed by atoms with Crippen LogP contribution in [0.25, 0.3) is 17.1 Å². The van der Waals surface area contributed by atoms with E-state index in [1.807, 2.05) is 60.0 Å². The summed E-state index contributed by atoms with van der Waals surface area (Å²) in [6.07, 6.45) is 1.35. The second-order valence-corrected chi connectivity index (χ2v) is 6.97. The van der Waals surface area contributed by atoms with Gasteiger partial charge in [0.25, 0.3) is 0 Å². The Balaban J connectivity index is 1.96. The Hall–Kier alpha value is -2.98. The molecule has 0 bridgehead atoms. The molecule has 0 aliphatic heterocycles. The molecular formula is C21H22N4O2S. The van der Waals surface area contributed by atoms with Gasteiger partial charge in [-0.2, -0.15) is 5.26 Å². The molecule has 0 fully saturated rings. The molecular weight excluding hydrogens is 372 g/mol. The fraction of sp³-hybridized carbons (Fsp3) is 0.286. The minimum Gasteiger partial charge on any atom is -0.497 e. The van der Waals surface area contributed by atoms with Crippen LogP contribution in [0.4, 0.5) is 0 Å². The van der Waals surface area contributed by atoms with Crippen molar-refractivity contribution >= 4 is 11.8 Å². The van der Waals surface area contributed by atoms with Crippen molar-refractivity contribution in [3.63, 3.8) is 0 Å². The summed E-state index contributed by atoms with van der Waals surface area (Å²) in [5.74, 6) is 3.19. The van der Waals surface area contributed by atoms with E-state index in [2.05, 4.69) is 16.3 Å². The van der Waals surface area contributed by atoms with Crippen molar-refractivity contribution < 1.29 is 9.47 Å². The average Bonchev–Trinajstić information content (AvgIpc) is 3.16. The molecule has 7 heteroatoms. The van der Waals surface area contributed by atoms with Crippen molar-refractivity contribution in [1.82, 2.24) is 14.8 Å². The van der Waals surface area contributed by atoms with E-state index >= 15 is 0 Å². The predicted molar refractivity (Wildman–Crippen MR) is 110 cm³/mol. The van der Waals surface area contributed by atoms with Crippen molar-refractivity contribution in [3.05, 3.63) is 48.5 Å². The normalized spacial score (nSPS) is 10.5. The van der Waals surface area contributed by atoms with Crippen LogP contribution in [0.3, 0.4) is 0 Å². The zero-order chi connectivity index (χ0) is 19.8. The van der Waals surface area contributed by atoms with Gasteiger partial charge in [0.15, 0.2) is 11.0 Å². The second kappa shape index (κ2) is 9.81. The summed E-state index contributed by atoms with van der Waals surface area (Å²) >= 11 is 1.60. The van der Waals surface area contributed by atoms with Gasteiger partial charge >= 0.3 is 0 Å². The van der Waals surface area contributed by atoms with Crippen LogP contribution < -0.4 is 9.47 Å². The summed E-state index contributed by atoms with van der Waals surface area (Å²) in [6.45, 7) is 2.59. The molecule has 0 N–H and O–H groups in total. The maximum absolute atomic E-state index is 8.75. The Morgan fingerprint density at radius 2 is 1.75 bits per heavy atom. The number of thioether (sulfide) groups is 1. The molecule has 0 spiro atoms. The smallest absolute Gasteiger partial charge is 0.196 e. The summed E-state index contributed by atoms with van der Waals surface area (Å²) in [6, 6.07) is 17.8. The predicted octanol–water partition coefficient (Wildman–Crippen LogP) is 4.74. The van der Waals surface area contributed by atoms with Gasteiger partial charge in [-0.15, -0.1) is 10.2 Å². The van der Waals surface area contributed by atoms with E-state index in [-0.39, 0.29) is 0 Å². The Kier molecular flexibility index (Phi) is 6.93. The third-order valence-corrected chi connectivity index (χ3v) is 5.07. The Bertz CT molecular complexity index is 931. The number of rotatable bonds is 9. The van der Waals surface area contributed by atoms with Crippen molar-refractivity contribution in [3.8, 4) is 34.6 Å². The van der Waals surface area contributed by atoms with Crippen LogP contribution in [-0.4, -0.2) is 34.2 Å². The molecule has 0 saturated heterocycles. The molecule has 0 amide bonds. The maximum atomic E-state index is 8.75. The molecule has 0 radical (unpaired) electrons. The summed E-state index contributed by atoms with van der Waals surface area (Å²) in [5.41, 5.74) is 1.91. The first-order chi connectivity index (χ1) is 13.8. The molecule has 144 valence electrons. The SMILES string of the molecule is CCOc1ccc(-n2c(SCCCC#N)nnc2-c2ccc(OC)cc2)cc1. The van der Waals surface area contributed by atoms with Crippen molar-refractivity contribution in [1.29, 1.82) is 5.26 Å². The molecule has 3 rings (SSSR count). The van der Waals surface area contributed by atoms with Crippen molar-refractivity contribution in [2.24, 2.45) is 0 Å². The summed E-state index contributed by atoms with van der Waals surface area (Å²) in [7, 11) is 1.65. The van der Waals surface area contributed by atoms with E-state index in [0.29, 0.717) is 13.0 Å². The Labute approximate surface area is 169 Å². The molecule has 28 heavy (non-hydrogen) atoms. The van der Waals surface area contributed by atoms with Gasteiger partial charge in [-0.3, -0.25) is 4.57 Å². The number of unbranched alkanes of at least 4 members (excludes halogenated alkanes) is 1. The minimum atomic E-state index is 0.537. The molecule has 1 heterocycles. The fourth-order valence-corrected chi connectivity index (χ4v) is 3.59. The number of nitrogens with zero attached hydrogens (tertiary/aromatic N) is 4. The van der Waals surface area contributed by atoms with Gasteiger partial charge in [0.1, 0.15) is 11.5 Å². The van der Waals surface area contributed by atoms with E-state index in [0.717, 1.165) is 45.9 Å². The quantitative estimate of drug-likeness (QED) is 0.386. The Morgan fingerprint density at radius 3 is 2.39 bits per heavy atom. The minimum absolute atomic E-state index is 0.537. The second-order valence-electron chi connectivity index (χ2n) is 5.91. The highest BCUT2D eigenvalue weighted by Crippen LogP contribution is 2.30. The maximum Gasteiger partial charge on any atom is 0.196 e. The van der Waals surface area contributed by atoms with Crippen LogP contribution in [0.15, 0.2) is 53.7 Å². The van der Waals surface area contributed by atoms with Crippen molar-refractivity contribution in [2.75, 3.05) is 19.5 Å². The van der Waals surface area contributed by atoms with Gasteiger partial charge in [-0.25, -0.2) is 0 Å². The highest BCUT2D eigenvalue weighted by atomic mass is 32.2. The first-order valence-corrected chi connectivity index (χ1v) is 10.1. The van der Waals surface area contributed by atoms with E-state index in [4.69, 9.17) is 14.7 Å². The van der Waals surface area contributed by atoms with Crippen molar-refractivity contribution in [2.45, 2.75) is 24.9 Å². The number of benzene rings is 2. The molecule has 0 unspecified atom stereocenters. The lowest BCUT2D eigenvalue weighted by Crippen LogP contribution is -2.00. The van der Waals surface area contributed by atoms with Crippen LogP contribution >= 0.6 is 11.8 Å². The molecule has 0 atom stereocenters. The third kappa shape index (κ3) is 4.65. The van der Waals surface area contributed by atoms with Crippen LogP contribution in [0.5, 0.6) is 11.5 Å². The standard InChI is InChI=1S/C21H22N4O2S/c1-3-27-19-12-8-17(9-13-19)25-20(16-6-10-18(26-2)11-7-16)23-24-21(25)28-15-5-4-14-22/h6-13H,3-5,15H2,1-2H3. The lowest BCUT2D eigenvalue weighted by atomic mass is 10.2. The van der Waals surface area contributed by atoms with Crippen LogP contribution in [0.1, 0.15) is 19.8 Å². The first-order valence-electron chi connectivity index (χ1n) is 9.09. The lowest BCUT2D eigenvalue weighted by molar-refractivity contribution is 0.340. The van der Waals surface area contributed by atoms with Gasteiger partial charge in [-0.05, 0) is 61.9 Å². The molecule has 2 aromatic carbocycles. The molecule has 0 saturated carbocycles. The van der Waals surface area contributed by atoms with Crippen LogP contribution in [0, 0.1) is 11.3 Å². The number of ether oxygens (including phenoxy) is 2. The molecule has 0 aliphatic carbocycles. The lowest BCUT2D eigenvalue weighted by Gasteiger charge is -2.11. The van der Waals surface area contributed by atoms with Gasteiger partial charge in [-0.1, -0.05) is 11.8 Å². The van der Waals surface area contributed by atoms with E-state index in [9.17, 15) is 0 Å². The fourth-order valence-electron chi connectivity index (χ4n) is 2.70. The van der Waals surface area contributed by atoms with Gasteiger partial charge < -0.3 is 9.47 Å². The van der Waals surface area contributed by atoms with E-state index < -0.39 is 0 Å². The summed E-state index contributed by atoms with van der Waals surface area (Å²) in [5, 5.41) is 18.4. The van der Waals surface area contributed by atoms with Crippen LogP contribution in [-0.2, 0) is 0 Å². The monoisotopic (exact) mass is 394 g/mol. The zero-order valence-electron chi connectivity index (χ0n) is 16.0. The Morgan fingerprint density at radius 1 is 1.04 bits per heavy atom. The van der Waals surface area contributed by atoms with Gasteiger partial charge in [0.05, 0.1) is 19.8 Å². The molecule has 3 aromatic rings. The molecule has 1 aromatic heterocycles.